The molecule has 138 valence electrons. The number of carbonyl (C=O) groups excluding carboxylic acids is 1. The normalized spacial score (nSPS) is 12.1. The van der Waals surface area contributed by atoms with Crippen molar-refractivity contribution < 1.29 is 14.3 Å². The fourth-order valence-corrected chi connectivity index (χ4v) is 3.46. The van der Waals surface area contributed by atoms with Gasteiger partial charge in [0.15, 0.2) is 16.5 Å². The minimum Gasteiger partial charge on any atom is -0.490 e. The van der Waals surface area contributed by atoms with Gasteiger partial charge in [-0.05, 0) is 38.5 Å². The zero-order chi connectivity index (χ0) is 18.5. The smallest absolute Gasteiger partial charge is 0.226 e. The Morgan fingerprint density at radius 3 is 2.77 bits per heavy atom. The molecule has 1 unspecified atom stereocenters. The molecule has 3 aromatic rings. The van der Waals surface area contributed by atoms with Gasteiger partial charge < -0.3 is 14.8 Å². The first-order valence-corrected chi connectivity index (χ1v) is 9.58. The molecular formula is C19H23N3O3S. The van der Waals surface area contributed by atoms with Gasteiger partial charge in [0.2, 0.25) is 5.91 Å². The van der Waals surface area contributed by atoms with Crippen molar-refractivity contribution in [1.82, 2.24) is 14.7 Å². The molecule has 0 radical (unpaired) electrons. The number of thiazole rings is 1. The number of hydrogen-bond acceptors (Lipinski definition) is 5. The van der Waals surface area contributed by atoms with Crippen molar-refractivity contribution >= 4 is 22.2 Å². The van der Waals surface area contributed by atoms with E-state index in [9.17, 15) is 4.79 Å². The van der Waals surface area contributed by atoms with Crippen LogP contribution in [0.1, 0.15) is 38.1 Å². The number of nitrogens with zero attached hydrogens (tertiary/aromatic N) is 2. The molecule has 6 nitrogen and oxygen atoms in total. The highest BCUT2D eigenvalue weighted by atomic mass is 32.1. The maximum absolute atomic E-state index is 12.4. The monoisotopic (exact) mass is 373 g/mol. The average Bonchev–Trinajstić information content (AvgIpc) is 3.18. The largest absolute Gasteiger partial charge is 0.490 e. The van der Waals surface area contributed by atoms with E-state index >= 15 is 0 Å². The van der Waals surface area contributed by atoms with Crippen molar-refractivity contribution in [3.05, 3.63) is 47.2 Å². The Labute approximate surface area is 156 Å². The van der Waals surface area contributed by atoms with E-state index in [1.165, 1.54) is 0 Å². The number of amides is 1. The summed E-state index contributed by atoms with van der Waals surface area (Å²) in [5.74, 6) is 1.35. The molecule has 0 saturated carbocycles. The lowest BCUT2D eigenvalue weighted by Crippen LogP contribution is -2.28. The van der Waals surface area contributed by atoms with Crippen molar-refractivity contribution in [2.45, 2.75) is 33.2 Å². The zero-order valence-corrected chi connectivity index (χ0v) is 16.0. The number of aromatic nitrogens is 2. The molecule has 7 heteroatoms. The Kier molecular flexibility index (Phi) is 5.78. The topological polar surface area (TPSA) is 64.9 Å². The van der Waals surface area contributed by atoms with Crippen LogP contribution in [0.3, 0.4) is 0 Å². The highest BCUT2D eigenvalue weighted by Gasteiger charge is 2.15. The second-order valence-electron chi connectivity index (χ2n) is 5.86. The number of hydrogen-bond donors (Lipinski definition) is 1. The third-order valence-corrected chi connectivity index (χ3v) is 4.70. The van der Waals surface area contributed by atoms with Gasteiger partial charge in [-0.25, -0.2) is 4.98 Å². The summed E-state index contributed by atoms with van der Waals surface area (Å²) in [4.78, 5) is 17.7. The fraction of sp³-hybridized carbons (Fsp3) is 0.368. The highest BCUT2D eigenvalue weighted by Crippen LogP contribution is 2.30. The van der Waals surface area contributed by atoms with Gasteiger partial charge in [-0.1, -0.05) is 6.07 Å². The molecule has 1 amide bonds. The molecule has 2 aromatic heterocycles. The van der Waals surface area contributed by atoms with Crippen molar-refractivity contribution in [3.8, 4) is 11.5 Å². The van der Waals surface area contributed by atoms with E-state index in [4.69, 9.17) is 9.47 Å². The van der Waals surface area contributed by atoms with Gasteiger partial charge in [0.05, 0.1) is 31.4 Å². The maximum Gasteiger partial charge on any atom is 0.226 e. The second kappa shape index (κ2) is 8.23. The summed E-state index contributed by atoms with van der Waals surface area (Å²) in [5.41, 5.74) is 1.74. The van der Waals surface area contributed by atoms with Gasteiger partial charge in [0.25, 0.3) is 0 Å². The predicted octanol–water partition coefficient (Wildman–Crippen LogP) is 3.61. The van der Waals surface area contributed by atoms with E-state index in [0.29, 0.717) is 19.0 Å². The van der Waals surface area contributed by atoms with Gasteiger partial charge in [-0.15, -0.1) is 11.3 Å². The predicted molar refractivity (Wildman–Crippen MR) is 102 cm³/mol. The molecule has 2 heterocycles. The van der Waals surface area contributed by atoms with Crippen LogP contribution in [0.15, 0.2) is 36.0 Å². The van der Waals surface area contributed by atoms with Crippen molar-refractivity contribution in [2.24, 2.45) is 0 Å². The van der Waals surface area contributed by atoms with Gasteiger partial charge in [0, 0.05) is 17.8 Å². The van der Waals surface area contributed by atoms with Crippen LogP contribution in [0.5, 0.6) is 11.5 Å². The summed E-state index contributed by atoms with van der Waals surface area (Å²) >= 11 is 1.55. The van der Waals surface area contributed by atoms with Gasteiger partial charge >= 0.3 is 0 Å². The van der Waals surface area contributed by atoms with E-state index in [2.05, 4.69) is 10.3 Å². The Morgan fingerprint density at radius 1 is 1.27 bits per heavy atom. The molecule has 0 bridgehead atoms. The fourth-order valence-electron chi connectivity index (χ4n) is 2.74. The molecular weight excluding hydrogens is 350 g/mol. The molecule has 0 fully saturated rings. The Morgan fingerprint density at radius 2 is 2.04 bits per heavy atom. The first kappa shape index (κ1) is 18.3. The maximum atomic E-state index is 12.4. The number of carbonyl (C=O) groups is 1. The van der Waals surface area contributed by atoms with Crippen LogP contribution in [0.25, 0.3) is 4.96 Å². The lowest BCUT2D eigenvalue weighted by Gasteiger charge is -2.17. The lowest BCUT2D eigenvalue weighted by molar-refractivity contribution is -0.121. The number of rotatable bonds is 8. The number of benzene rings is 1. The number of imidazole rings is 1. The molecule has 1 N–H and O–H groups in total. The van der Waals surface area contributed by atoms with Crippen LogP contribution in [0.2, 0.25) is 0 Å². The van der Waals surface area contributed by atoms with Gasteiger partial charge in [0.1, 0.15) is 0 Å². The van der Waals surface area contributed by atoms with Crippen molar-refractivity contribution in [1.29, 1.82) is 0 Å². The zero-order valence-electron chi connectivity index (χ0n) is 15.2. The van der Waals surface area contributed by atoms with E-state index in [0.717, 1.165) is 22.0 Å². The molecule has 1 aromatic carbocycles. The highest BCUT2D eigenvalue weighted by molar-refractivity contribution is 7.15. The minimum atomic E-state index is -0.138. The molecule has 0 spiro atoms. The first-order valence-electron chi connectivity index (χ1n) is 8.70. The third kappa shape index (κ3) is 4.16. The molecule has 0 aliphatic rings. The average molecular weight is 373 g/mol. The number of ether oxygens (including phenoxy) is 2. The minimum absolute atomic E-state index is 0.0601. The first-order chi connectivity index (χ1) is 12.6. The summed E-state index contributed by atoms with van der Waals surface area (Å²) in [6.07, 6.45) is 4.08. The van der Waals surface area contributed by atoms with Crippen LogP contribution in [0.4, 0.5) is 0 Å². The van der Waals surface area contributed by atoms with Crippen LogP contribution in [-0.4, -0.2) is 28.5 Å². The second-order valence-corrected chi connectivity index (χ2v) is 6.74. The third-order valence-electron chi connectivity index (χ3n) is 3.93. The van der Waals surface area contributed by atoms with E-state index < -0.39 is 0 Å². The van der Waals surface area contributed by atoms with Gasteiger partial charge in [-0.2, -0.15) is 0 Å². The molecule has 3 rings (SSSR count). The summed E-state index contributed by atoms with van der Waals surface area (Å²) < 4.78 is 13.2. The summed E-state index contributed by atoms with van der Waals surface area (Å²) in [7, 11) is 0. The van der Waals surface area contributed by atoms with Crippen LogP contribution >= 0.6 is 11.3 Å². The van der Waals surface area contributed by atoms with Crippen LogP contribution < -0.4 is 14.8 Å². The van der Waals surface area contributed by atoms with E-state index in [-0.39, 0.29) is 18.4 Å². The molecule has 26 heavy (non-hydrogen) atoms. The summed E-state index contributed by atoms with van der Waals surface area (Å²) in [5, 5.41) is 4.99. The molecule has 1 atom stereocenters. The van der Waals surface area contributed by atoms with E-state index in [1.807, 2.05) is 61.1 Å². The standard InChI is InChI=1S/C19H23N3O3S/c1-4-24-16-7-6-14(10-17(16)25-5-2)13(3)20-18(23)11-15-12-22-8-9-26-19(22)21-15/h6-10,12-13H,4-5,11H2,1-3H3,(H,20,23). The van der Waals surface area contributed by atoms with Gasteiger partial charge in [-0.3, -0.25) is 9.20 Å². The summed E-state index contributed by atoms with van der Waals surface area (Å²) in [6.45, 7) is 6.96. The SMILES string of the molecule is CCOc1ccc(C(C)NC(=O)Cc2cn3ccsc3n2)cc1OCC. The van der Waals surface area contributed by atoms with Crippen molar-refractivity contribution in [2.75, 3.05) is 13.2 Å². The molecule has 0 aliphatic carbocycles. The summed E-state index contributed by atoms with van der Waals surface area (Å²) in [6, 6.07) is 5.62. The van der Waals surface area contributed by atoms with E-state index in [1.54, 1.807) is 11.3 Å². The quantitative estimate of drug-likeness (QED) is 0.655. The van der Waals surface area contributed by atoms with Crippen LogP contribution in [-0.2, 0) is 11.2 Å². The molecule has 0 saturated heterocycles. The number of fused-ring (bicyclic) bond motifs is 1. The molecule has 0 aliphatic heterocycles. The Bertz CT molecular complexity index is 859. The Balaban J connectivity index is 1.66. The van der Waals surface area contributed by atoms with Crippen LogP contribution in [0, 0.1) is 0 Å². The number of nitrogens with one attached hydrogen (secondary N) is 1. The lowest BCUT2D eigenvalue weighted by atomic mass is 10.1. The van der Waals surface area contributed by atoms with Crippen molar-refractivity contribution in [3.63, 3.8) is 0 Å². The Hall–Kier alpha value is -2.54.